The summed E-state index contributed by atoms with van der Waals surface area (Å²) in [5.41, 5.74) is 3.00. The van der Waals surface area contributed by atoms with E-state index in [0.29, 0.717) is 17.1 Å². The Labute approximate surface area is 141 Å². The molecular formula is C16H15N3O2S2. The van der Waals surface area contributed by atoms with Crippen LogP contribution in [0.25, 0.3) is 0 Å². The molecule has 0 radical (unpaired) electrons. The molecular weight excluding hydrogens is 330 g/mol. The predicted octanol–water partition coefficient (Wildman–Crippen LogP) is 2.67. The van der Waals surface area contributed by atoms with Crippen LogP contribution in [0.5, 0.6) is 0 Å². The number of aliphatic hydroxyl groups is 1. The maximum absolute atomic E-state index is 12.3. The molecule has 2 N–H and O–H groups in total. The molecule has 0 bridgehead atoms. The Bertz CT molecular complexity index is 730. The first kappa shape index (κ1) is 15.8. The standard InChI is InChI=1S/C16H15N3O2S2/c20-14(16-17-6-7-23-16)12(8-11-4-2-1-3-5-11)19-15(21)13-9-22-10-18-13/h1-7,9-10,12,14,20H,8H2,(H,19,21)/t12-,14-/m0/s1. The van der Waals surface area contributed by atoms with Crippen molar-refractivity contribution in [2.45, 2.75) is 18.6 Å². The van der Waals surface area contributed by atoms with E-state index in [4.69, 9.17) is 0 Å². The molecule has 7 heteroatoms. The van der Waals surface area contributed by atoms with Gasteiger partial charge in [-0.3, -0.25) is 4.79 Å². The average molecular weight is 345 g/mol. The molecule has 0 fully saturated rings. The van der Waals surface area contributed by atoms with E-state index in [9.17, 15) is 9.90 Å². The third-order valence-corrected chi connectivity index (χ3v) is 4.80. The van der Waals surface area contributed by atoms with Gasteiger partial charge >= 0.3 is 0 Å². The zero-order valence-corrected chi connectivity index (χ0v) is 13.8. The number of hydrogen-bond donors (Lipinski definition) is 2. The van der Waals surface area contributed by atoms with E-state index < -0.39 is 12.1 Å². The average Bonchev–Trinajstić information content (AvgIpc) is 3.27. The van der Waals surface area contributed by atoms with Gasteiger partial charge in [0, 0.05) is 17.0 Å². The summed E-state index contributed by atoms with van der Waals surface area (Å²) >= 11 is 2.73. The van der Waals surface area contributed by atoms with Gasteiger partial charge in [0.05, 0.1) is 11.6 Å². The minimum atomic E-state index is -0.863. The van der Waals surface area contributed by atoms with Crippen molar-refractivity contribution in [3.05, 3.63) is 69.1 Å². The first-order chi connectivity index (χ1) is 11.2. The van der Waals surface area contributed by atoms with E-state index in [-0.39, 0.29) is 5.91 Å². The number of hydrogen-bond acceptors (Lipinski definition) is 6. The predicted molar refractivity (Wildman–Crippen MR) is 90.6 cm³/mol. The Morgan fingerprint density at radius 1 is 1.26 bits per heavy atom. The van der Waals surface area contributed by atoms with Gasteiger partial charge in [0.25, 0.3) is 5.91 Å². The third kappa shape index (κ3) is 4.01. The van der Waals surface area contributed by atoms with E-state index in [1.54, 1.807) is 22.5 Å². The molecule has 1 aromatic carbocycles. The molecule has 5 nitrogen and oxygen atoms in total. The van der Waals surface area contributed by atoms with Crippen molar-refractivity contribution in [2.75, 3.05) is 0 Å². The Kier molecular flexibility index (Phi) is 5.12. The lowest BCUT2D eigenvalue weighted by Gasteiger charge is -2.22. The molecule has 0 aliphatic carbocycles. The Hall–Kier alpha value is -2.09. The number of rotatable bonds is 6. The molecule has 0 spiro atoms. The Balaban J connectivity index is 1.79. The lowest BCUT2D eigenvalue weighted by molar-refractivity contribution is 0.0828. The fraction of sp³-hybridized carbons (Fsp3) is 0.188. The van der Waals surface area contributed by atoms with E-state index in [1.807, 2.05) is 30.3 Å². The third-order valence-electron chi connectivity index (χ3n) is 3.37. The highest BCUT2D eigenvalue weighted by molar-refractivity contribution is 7.09. The van der Waals surface area contributed by atoms with Gasteiger partial charge in [-0.05, 0) is 12.0 Å². The van der Waals surface area contributed by atoms with Crippen LogP contribution in [0, 0.1) is 0 Å². The zero-order valence-electron chi connectivity index (χ0n) is 12.1. The maximum atomic E-state index is 12.3. The minimum Gasteiger partial charge on any atom is -0.384 e. The van der Waals surface area contributed by atoms with Crippen LogP contribution in [0.3, 0.4) is 0 Å². The summed E-state index contributed by atoms with van der Waals surface area (Å²) in [7, 11) is 0. The first-order valence-electron chi connectivity index (χ1n) is 7.04. The van der Waals surface area contributed by atoms with Gasteiger partial charge in [0.15, 0.2) is 0 Å². The number of thiazole rings is 2. The van der Waals surface area contributed by atoms with E-state index >= 15 is 0 Å². The second kappa shape index (κ2) is 7.45. The SMILES string of the molecule is O=C(N[C@@H](Cc1ccccc1)[C@H](O)c1nccs1)c1cscn1. The molecule has 23 heavy (non-hydrogen) atoms. The van der Waals surface area contributed by atoms with Crippen molar-refractivity contribution < 1.29 is 9.90 Å². The molecule has 2 heterocycles. The minimum absolute atomic E-state index is 0.289. The molecule has 0 aliphatic heterocycles. The number of aliphatic hydroxyl groups excluding tert-OH is 1. The van der Waals surface area contributed by atoms with Crippen LogP contribution < -0.4 is 5.32 Å². The highest BCUT2D eigenvalue weighted by Crippen LogP contribution is 2.22. The number of nitrogens with one attached hydrogen (secondary N) is 1. The van der Waals surface area contributed by atoms with Crippen LogP contribution in [0.2, 0.25) is 0 Å². The summed E-state index contributed by atoms with van der Waals surface area (Å²) in [6.45, 7) is 0. The van der Waals surface area contributed by atoms with Crippen molar-refractivity contribution in [1.82, 2.24) is 15.3 Å². The van der Waals surface area contributed by atoms with Crippen molar-refractivity contribution >= 4 is 28.6 Å². The summed E-state index contributed by atoms with van der Waals surface area (Å²) in [5, 5.41) is 17.5. The van der Waals surface area contributed by atoms with E-state index in [0.717, 1.165) is 5.56 Å². The number of amides is 1. The zero-order chi connectivity index (χ0) is 16.1. The van der Waals surface area contributed by atoms with Crippen molar-refractivity contribution in [2.24, 2.45) is 0 Å². The summed E-state index contributed by atoms with van der Waals surface area (Å²) in [4.78, 5) is 20.4. The Morgan fingerprint density at radius 3 is 2.74 bits per heavy atom. The monoisotopic (exact) mass is 345 g/mol. The number of benzene rings is 1. The quantitative estimate of drug-likeness (QED) is 0.720. The second-order valence-corrected chi connectivity index (χ2v) is 6.60. The molecule has 118 valence electrons. The van der Waals surface area contributed by atoms with Gasteiger partial charge in [-0.15, -0.1) is 22.7 Å². The molecule has 2 atom stereocenters. The molecule has 3 rings (SSSR count). The van der Waals surface area contributed by atoms with Crippen molar-refractivity contribution in [3.8, 4) is 0 Å². The van der Waals surface area contributed by atoms with Gasteiger partial charge in [-0.1, -0.05) is 30.3 Å². The number of carbonyl (C=O) groups is 1. The molecule has 0 unspecified atom stereocenters. The van der Waals surface area contributed by atoms with Gasteiger partial charge < -0.3 is 10.4 Å². The van der Waals surface area contributed by atoms with Crippen molar-refractivity contribution in [3.63, 3.8) is 0 Å². The Morgan fingerprint density at radius 2 is 2.09 bits per heavy atom. The smallest absolute Gasteiger partial charge is 0.271 e. The molecule has 3 aromatic rings. The summed E-state index contributed by atoms with van der Waals surface area (Å²) < 4.78 is 0. The maximum Gasteiger partial charge on any atom is 0.271 e. The summed E-state index contributed by atoms with van der Waals surface area (Å²) in [6.07, 6.45) is 1.29. The van der Waals surface area contributed by atoms with Crippen LogP contribution in [-0.2, 0) is 6.42 Å². The normalized spacial score (nSPS) is 13.4. The number of aromatic nitrogens is 2. The van der Waals surface area contributed by atoms with Gasteiger partial charge in [-0.25, -0.2) is 9.97 Å². The fourth-order valence-electron chi connectivity index (χ4n) is 2.23. The van der Waals surface area contributed by atoms with Crippen LogP contribution >= 0.6 is 22.7 Å². The van der Waals surface area contributed by atoms with E-state index in [2.05, 4.69) is 15.3 Å². The topological polar surface area (TPSA) is 75.1 Å². The lowest BCUT2D eigenvalue weighted by Crippen LogP contribution is -2.41. The summed E-state index contributed by atoms with van der Waals surface area (Å²) in [5.74, 6) is -0.289. The highest BCUT2D eigenvalue weighted by Gasteiger charge is 2.26. The van der Waals surface area contributed by atoms with Gasteiger partial charge in [0.1, 0.15) is 16.8 Å². The molecule has 0 saturated heterocycles. The van der Waals surface area contributed by atoms with Crippen LogP contribution in [-0.4, -0.2) is 27.0 Å². The molecule has 0 saturated carbocycles. The van der Waals surface area contributed by atoms with Crippen molar-refractivity contribution in [1.29, 1.82) is 0 Å². The fourth-order valence-corrected chi connectivity index (χ4v) is 3.45. The lowest BCUT2D eigenvalue weighted by atomic mass is 10.0. The number of nitrogens with zero attached hydrogens (tertiary/aromatic N) is 2. The largest absolute Gasteiger partial charge is 0.384 e. The van der Waals surface area contributed by atoms with Crippen LogP contribution in [0.1, 0.15) is 27.2 Å². The molecule has 0 aliphatic rings. The second-order valence-electron chi connectivity index (χ2n) is 4.96. The van der Waals surface area contributed by atoms with Gasteiger partial charge in [-0.2, -0.15) is 0 Å². The van der Waals surface area contributed by atoms with E-state index in [1.165, 1.54) is 22.7 Å². The van der Waals surface area contributed by atoms with Crippen LogP contribution in [0.15, 0.2) is 52.8 Å². The number of carbonyl (C=O) groups excluding carboxylic acids is 1. The highest BCUT2D eigenvalue weighted by atomic mass is 32.1. The van der Waals surface area contributed by atoms with Gasteiger partial charge in [0.2, 0.25) is 0 Å². The first-order valence-corrected chi connectivity index (χ1v) is 8.86. The molecule has 1 amide bonds. The molecule has 2 aromatic heterocycles. The summed E-state index contributed by atoms with van der Waals surface area (Å²) in [6, 6.07) is 9.27. The van der Waals surface area contributed by atoms with Crippen LogP contribution in [0.4, 0.5) is 0 Å².